The van der Waals surface area contributed by atoms with Crippen LogP contribution >= 0.6 is 34.4 Å². The lowest BCUT2D eigenvalue weighted by Gasteiger charge is -1.99. The first-order valence-electron chi connectivity index (χ1n) is 2.47. The number of thioether (sulfide) groups is 1. The first kappa shape index (κ1) is 8.06. The van der Waals surface area contributed by atoms with Crippen LogP contribution in [-0.2, 0) is 4.79 Å². The van der Waals surface area contributed by atoms with Crippen LogP contribution in [0, 0.1) is 0 Å². The summed E-state index contributed by atoms with van der Waals surface area (Å²) in [4.78, 5) is 23.3. The largest absolute Gasteiger partial charge is 0.293 e. The number of hydrogen-bond donors (Lipinski definition) is 0. The number of halogens is 1. The maximum atomic E-state index is 11.0. The Morgan fingerprint density at radius 1 is 1.60 bits per heavy atom. The van der Waals surface area contributed by atoms with Gasteiger partial charge in [-0.05, 0) is 15.8 Å². The van der Waals surface area contributed by atoms with Crippen LogP contribution in [0.5, 0.6) is 0 Å². The number of carbonyl (C=O) groups is 2. The molecule has 0 N–H and O–H groups in total. The molecule has 10 heavy (non-hydrogen) atoms. The smallest absolute Gasteiger partial charge is 0.272 e. The van der Waals surface area contributed by atoms with Gasteiger partial charge in [0, 0.05) is 7.05 Å². The van der Waals surface area contributed by atoms with Crippen molar-refractivity contribution in [2.24, 2.45) is 0 Å². The van der Waals surface area contributed by atoms with Gasteiger partial charge in [-0.3, -0.25) is 14.5 Å². The van der Waals surface area contributed by atoms with E-state index in [1.165, 1.54) is 7.05 Å². The average Bonchev–Trinajstić information content (AvgIpc) is 2.17. The summed E-state index contributed by atoms with van der Waals surface area (Å²) in [6.45, 7) is 0. The second-order valence-corrected chi connectivity index (χ2v) is 3.32. The van der Waals surface area contributed by atoms with Crippen LogP contribution in [0.15, 0.2) is 8.99 Å². The summed E-state index contributed by atoms with van der Waals surface area (Å²) in [5.74, 6) is -0.204. The second-order valence-electron chi connectivity index (χ2n) is 1.71. The van der Waals surface area contributed by atoms with E-state index >= 15 is 0 Å². The van der Waals surface area contributed by atoms with Crippen LogP contribution in [0.2, 0.25) is 0 Å². The van der Waals surface area contributed by atoms with Crippen molar-refractivity contribution in [3.8, 4) is 0 Å². The second kappa shape index (κ2) is 2.91. The van der Waals surface area contributed by atoms with Gasteiger partial charge in [0.05, 0.1) is 4.91 Å². The Morgan fingerprint density at radius 2 is 2.20 bits per heavy atom. The first-order chi connectivity index (χ1) is 4.66. The van der Waals surface area contributed by atoms with Gasteiger partial charge in [0.15, 0.2) is 0 Å². The van der Waals surface area contributed by atoms with E-state index in [-0.39, 0.29) is 11.1 Å². The fourth-order valence-electron chi connectivity index (χ4n) is 0.523. The molecule has 0 unspecified atom stereocenters. The van der Waals surface area contributed by atoms with Crippen LogP contribution < -0.4 is 0 Å². The molecule has 1 aliphatic heterocycles. The Morgan fingerprint density at radius 3 is 2.40 bits per heavy atom. The molecule has 0 aromatic heterocycles. The monoisotopic (exact) mass is 269 g/mol. The van der Waals surface area contributed by atoms with Gasteiger partial charge in [-0.25, -0.2) is 0 Å². The zero-order chi connectivity index (χ0) is 7.72. The first-order valence-corrected chi connectivity index (χ1v) is 4.53. The molecule has 0 aliphatic carbocycles. The lowest BCUT2D eigenvalue weighted by atomic mass is 10.5. The van der Waals surface area contributed by atoms with E-state index in [2.05, 4.69) is 0 Å². The Labute approximate surface area is 76.0 Å². The number of nitrogens with zero attached hydrogens (tertiary/aromatic N) is 1. The minimum Gasteiger partial charge on any atom is -0.272 e. The molecule has 1 saturated heterocycles. The molecule has 54 valence electrons. The molecule has 0 atom stereocenters. The van der Waals surface area contributed by atoms with Crippen LogP contribution in [-0.4, -0.2) is 23.1 Å². The van der Waals surface area contributed by atoms with Gasteiger partial charge in [0.2, 0.25) is 0 Å². The van der Waals surface area contributed by atoms with Gasteiger partial charge >= 0.3 is 0 Å². The maximum absolute atomic E-state index is 11.0. The van der Waals surface area contributed by atoms with E-state index in [4.69, 9.17) is 0 Å². The standard InChI is InChI=1S/C5H4INO2S/c1-7-4(8)3(2-6)10-5(7)9/h2H,1H3/b3-2-. The van der Waals surface area contributed by atoms with E-state index < -0.39 is 0 Å². The molecule has 0 spiro atoms. The summed E-state index contributed by atoms with van der Waals surface area (Å²) in [5.41, 5.74) is 0. The highest BCUT2D eigenvalue weighted by molar-refractivity contribution is 14.1. The number of carbonyl (C=O) groups excluding carboxylic acids is 2. The van der Waals surface area contributed by atoms with Crippen molar-refractivity contribution in [2.45, 2.75) is 0 Å². The predicted octanol–water partition coefficient (Wildman–Crippen LogP) is 1.59. The van der Waals surface area contributed by atoms with Crippen LogP contribution in [0.3, 0.4) is 0 Å². The van der Waals surface area contributed by atoms with E-state index in [1.807, 2.05) is 22.6 Å². The molecule has 1 rings (SSSR count). The van der Waals surface area contributed by atoms with Crippen molar-refractivity contribution in [3.63, 3.8) is 0 Å². The fraction of sp³-hybridized carbons (Fsp3) is 0.200. The summed E-state index contributed by atoms with van der Waals surface area (Å²) in [6, 6.07) is 0. The van der Waals surface area contributed by atoms with Crippen molar-refractivity contribution in [1.82, 2.24) is 4.90 Å². The van der Waals surface area contributed by atoms with E-state index in [0.29, 0.717) is 4.91 Å². The third-order valence-corrected chi connectivity index (χ3v) is 3.09. The van der Waals surface area contributed by atoms with Gasteiger partial charge in [0.25, 0.3) is 11.1 Å². The van der Waals surface area contributed by atoms with Crippen LogP contribution in [0.1, 0.15) is 0 Å². The number of imide groups is 1. The van der Waals surface area contributed by atoms with E-state index in [0.717, 1.165) is 16.7 Å². The topological polar surface area (TPSA) is 37.4 Å². The summed E-state index contributed by atoms with van der Waals surface area (Å²) in [6.07, 6.45) is 0. The Balaban J connectivity index is 2.92. The zero-order valence-corrected chi connectivity index (χ0v) is 8.10. The third-order valence-electron chi connectivity index (χ3n) is 1.09. The number of likely N-dealkylation sites (N-methyl/N-ethyl adjacent to an activating group) is 1. The molecule has 3 nitrogen and oxygen atoms in total. The quantitative estimate of drug-likeness (QED) is 0.495. The number of amides is 2. The molecule has 1 aliphatic rings. The summed E-state index contributed by atoms with van der Waals surface area (Å²) >= 11 is 2.91. The molecular formula is C5H4INO2S. The molecule has 0 radical (unpaired) electrons. The van der Waals surface area contributed by atoms with Crippen LogP contribution in [0.4, 0.5) is 4.79 Å². The van der Waals surface area contributed by atoms with Crippen LogP contribution in [0.25, 0.3) is 0 Å². The molecule has 0 aromatic carbocycles. The SMILES string of the molecule is CN1C(=O)S/C(=C\I)C1=O. The highest BCUT2D eigenvalue weighted by Gasteiger charge is 2.31. The molecule has 2 amide bonds. The van der Waals surface area contributed by atoms with Crippen molar-refractivity contribution >= 4 is 45.5 Å². The zero-order valence-electron chi connectivity index (χ0n) is 5.13. The Kier molecular flexibility index (Phi) is 2.35. The van der Waals surface area contributed by atoms with E-state index in [1.54, 1.807) is 4.08 Å². The molecule has 1 heterocycles. The molecule has 0 aromatic rings. The molecule has 1 fully saturated rings. The highest BCUT2D eigenvalue weighted by atomic mass is 127. The summed E-state index contributed by atoms with van der Waals surface area (Å²) in [5, 5.41) is -0.201. The minimum atomic E-state index is -0.204. The van der Waals surface area contributed by atoms with Gasteiger partial charge in [-0.2, -0.15) is 0 Å². The average molecular weight is 269 g/mol. The molecule has 0 saturated carbocycles. The highest BCUT2D eigenvalue weighted by Crippen LogP contribution is 2.29. The van der Waals surface area contributed by atoms with Crippen molar-refractivity contribution in [3.05, 3.63) is 8.99 Å². The molecular weight excluding hydrogens is 265 g/mol. The number of rotatable bonds is 0. The lowest BCUT2D eigenvalue weighted by Crippen LogP contribution is -2.22. The fourth-order valence-corrected chi connectivity index (χ4v) is 1.85. The van der Waals surface area contributed by atoms with Gasteiger partial charge < -0.3 is 0 Å². The maximum Gasteiger partial charge on any atom is 0.293 e. The summed E-state index contributed by atoms with van der Waals surface area (Å²) < 4.78 is 1.62. The third kappa shape index (κ3) is 1.20. The van der Waals surface area contributed by atoms with E-state index in [9.17, 15) is 9.59 Å². The molecule has 0 bridgehead atoms. The van der Waals surface area contributed by atoms with Crippen molar-refractivity contribution in [2.75, 3.05) is 7.05 Å². The summed E-state index contributed by atoms with van der Waals surface area (Å²) in [7, 11) is 1.48. The minimum absolute atomic E-state index is 0.201. The normalized spacial score (nSPS) is 23.0. The predicted molar refractivity (Wildman–Crippen MR) is 47.9 cm³/mol. The van der Waals surface area contributed by atoms with Gasteiger partial charge in [0.1, 0.15) is 0 Å². The molecule has 5 heteroatoms. The van der Waals surface area contributed by atoms with Gasteiger partial charge in [-0.1, -0.05) is 22.6 Å². The van der Waals surface area contributed by atoms with Gasteiger partial charge in [-0.15, -0.1) is 0 Å². The lowest BCUT2D eigenvalue weighted by molar-refractivity contribution is -0.121. The van der Waals surface area contributed by atoms with Crippen molar-refractivity contribution in [1.29, 1.82) is 0 Å². The Bertz CT molecular complexity index is 226. The Hall–Kier alpha value is -0.0400. The number of hydrogen-bond acceptors (Lipinski definition) is 3. The van der Waals surface area contributed by atoms with Crippen molar-refractivity contribution < 1.29 is 9.59 Å².